The molecule has 0 amide bonds. The van der Waals surface area contributed by atoms with E-state index < -0.39 is 11.6 Å². The first-order valence-electron chi connectivity index (χ1n) is 6.11. The molecular weight excluding hydrogens is 250 g/mol. The molecule has 4 nitrogen and oxygen atoms in total. The SMILES string of the molecule is CC(C)n1ncnc1CNCc1ccc(F)cc1F. The Balaban J connectivity index is 1.94. The van der Waals surface area contributed by atoms with Crippen LogP contribution in [0, 0.1) is 11.6 Å². The molecule has 0 saturated carbocycles. The van der Waals surface area contributed by atoms with Gasteiger partial charge in [-0.15, -0.1) is 0 Å². The van der Waals surface area contributed by atoms with Crippen molar-refractivity contribution in [2.45, 2.75) is 33.0 Å². The number of halogens is 2. The minimum atomic E-state index is -0.569. The molecule has 0 aliphatic carbocycles. The summed E-state index contributed by atoms with van der Waals surface area (Å²) in [5.74, 6) is -0.323. The van der Waals surface area contributed by atoms with Crippen molar-refractivity contribution in [1.29, 1.82) is 0 Å². The van der Waals surface area contributed by atoms with Gasteiger partial charge in [-0.1, -0.05) is 6.07 Å². The summed E-state index contributed by atoms with van der Waals surface area (Å²) in [4.78, 5) is 4.14. The third-order valence-electron chi connectivity index (χ3n) is 2.75. The molecule has 0 aliphatic rings. The van der Waals surface area contributed by atoms with Crippen molar-refractivity contribution in [2.24, 2.45) is 0 Å². The van der Waals surface area contributed by atoms with Gasteiger partial charge in [-0.2, -0.15) is 5.10 Å². The van der Waals surface area contributed by atoms with Gasteiger partial charge in [0.05, 0.1) is 6.54 Å². The lowest BCUT2D eigenvalue weighted by Crippen LogP contribution is -2.18. The lowest BCUT2D eigenvalue weighted by molar-refractivity contribution is 0.487. The average Bonchev–Trinajstić information content (AvgIpc) is 2.80. The maximum Gasteiger partial charge on any atom is 0.141 e. The maximum absolute atomic E-state index is 13.4. The van der Waals surface area contributed by atoms with Gasteiger partial charge in [0.25, 0.3) is 0 Å². The average molecular weight is 266 g/mol. The van der Waals surface area contributed by atoms with Gasteiger partial charge >= 0.3 is 0 Å². The van der Waals surface area contributed by atoms with E-state index in [1.165, 1.54) is 18.5 Å². The highest BCUT2D eigenvalue weighted by molar-refractivity contribution is 5.18. The zero-order chi connectivity index (χ0) is 13.8. The van der Waals surface area contributed by atoms with Crippen LogP contribution < -0.4 is 5.32 Å². The Morgan fingerprint density at radius 2 is 2.05 bits per heavy atom. The first kappa shape index (κ1) is 13.6. The number of hydrogen-bond donors (Lipinski definition) is 1. The Labute approximate surface area is 110 Å². The van der Waals surface area contributed by atoms with Crippen LogP contribution in [0.3, 0.4) is 0 Å². The van der Waals surface area contributed by atoms with Gasteiger partial charge < -0.3 is 5.32 Å². The fraction of sp³-hybridized carbons (Fsp3) is 0.385. The Morgan fingerprint density at radius 1 is 1.26 bits per heavy atom. The lowest BCUT2D eigenvalue weighted by atomic mass is 10.2. The summed E-state index contributed by atoms with van der Waals surface area (Å²) in [5, 5.41) is 7.19. The van der Waals surface area contributed by atoms with Crippen LogP contribution in [0.1, 0.15) is 31.3 Å². The summed E-state index contributed by atoms with van der Waals surface area (Å²) in [6, 6.07) is 3.79. The second-order valence-corrected chi connectivity index (χ2v) is 4.55. The van der Waals surface area contributed by atoms with E-state index in [1.807, 2.05) is 13.8 Å². The summed E-state index contributed by atoms with van der Waals surface area (Å²) in [5.41, 5.74) is 0.428. The molecule has 2 rings (SSSR count). The van der Waals surface area contributed by atoms with Crippen LogP contribution in [0.2, 0.25) is 0 Å². The third-order valence-corrected chi connectivity index (χ3v) is 2.75. The van der Waals surface area contributed by atoms with Gasteiger partial charge in [0.15, 0.2) is 0 Å². The monoisotopic (exact) mass is 266 g/mol. The van der Waals surface area contributed by atoms with Crippen LogP contribution in [-0.4, -0.2) is 14.8 Å². The third kappa shape index (κ3) is 3.35. The summed E-state index contributed by atoms with van der Waals surface area (Å²) >= 11 is 0. The van der Waals surface area contributed by atoms with Crippen LogP contribution in [0.15, 0.2) is 24.5 Å². The molecule has 1 N–H and O–H groups in total. The number of benzene rings is 1. The molecule has 0 fully saturated rings. The molecule has 2 aromatic rings. The van der Waals surface area contributed by atoms with Crippen LogP contribution >= 0.6 is 0 Å². The number of nitrogens with one attached hydrogen (secondary N) is 1. The zero-order valence-electron chi connectivity index (χ0n) is 10.9. The molecule has 1 aromatic carbocycles. The van der Waals surface area contributed by atoms with E-state index in [2.05, 4.69) is 15.4 Å². The fourth-order valence-electron chi connectivity index (χ4n) is 1.81. The summed E-state index contributed by atoms with van der Waals surface area (Å²) in [6.45, 7) is 4.82. The van der Waals surface area contributed by atoms with Crippen molar-refractivity contribution < 1.29 is 8.78 Å². The van der Waals surface area contributed by atoms with Crippen LogP contribution in [-0.2, 0) is 13.1 Å². The predicted octanol–water partition coefficient (Wildman–Crippen LogP) is 2.43. The van der Waals surface area contributed by atoms with Gasteiger partial charge in [-0.25, -0.2) is 18.4 Å². The molecule has 102 valence electrons. The van der Waals surface area contributed by atoms with Gasteiger partial charge in [0.2, 0.25) is 0 Å². The number of rotatable bonds is 5. The van der Waals surface area contributed by atoms with E-state index >= 15 is 0 Å². The highest BCUT2D eigenvalue weighted by Crippen LogP contribution is 2.10. The minimum absolute atomic E-state index is 0.224. The van der Waals surface area contributed by atoms with E-state index in [9.17, 15) is 8.78 Å². The summed E-state index contributed by atoms with van der Waals surface area (Å²) in [7, 11) is 0. The molecular formula is C13H16F2N4. The molecule has 0 saturated heterocycles. The van der Waals surface area contributed by atoms with Crippen LogP contribution in [0.5, 0.6) is 0 Å². The molecule has 0 bridgehead atoms. The first-order valence-corrected chi connectivity index (χ1v) is 6.11. The molecule has 0 spiro atoms. The quantitative estimate of drug-likeness (QED) is 0.903. The second kappa shape index (κ2) is 5.88. The largest absolute Gasteiger partial charge is 0.306 e. The van der Waals surface area contributed by atoms with Crippen molar-refractivity contribution in [3.8, 4) is 0 Å². The molecule has 1 heterocycles. The Kier molecular flexibility index (Phi) is 4.21. The Morgan fingerprint density at radius 3 is 2.74 bits per heavy atom. The van der Waals surface area contributed by atoms with Crippen molar-refractivity contribution >= 4 is 0 Å². The summed E-state index contributed by atoms with van der Waals surface area (Å²) in [6.07, 6.45) is 1.50. The normalized spacial score (nSPS) is 11.2. The smallest absolute Gasteiger partial charge is 0.141 e. The maximum atomic E-state index is 13.4. The van der Waals surface area contributed by atoms with E-state index in [4.69, 9.17) is 0 Å². The van der Waals surface area contributed by atoms with Gasteiger partial charge in [0, 0.05) is 24.2 Å². The molecule has 6 heteroatoms. The Hall–Kier alpha value is -1.82. The molecule has 1 aromatic heterocycles. The lowest BCUT2D eigenvalue weighted by Gasteiger charge is -2.10. The Bertz CT molecular complexity index is 551. The number of aromatic nitrogens is 3. The molecule has 0 radical (unpaired) electrons. The molecule has 0 atom stereocenters. The van der Waals surface area contributed by atoms with Gasteiger partial charge in [-0.3, -0.25) is 0 Å². The van der Waals surface area contributed by atoms with Crippen molar-refractivity contribution in [3.05, 3.63) is 47.5 Å². The second-order valence-electron chi connectivity index (χ2n) is 4.55. The van der Waals surface area contributed by atoms with Crippen molar-refractivity contribution in [2.75, 3.05) is 0 Å². The van der Waals surface area contributed by atoms with Crippen LogP contribution in [0.4, 0.5) is 8.78 Å². The first-order chi connectivity index (χ1) is 9.08. The van der Waals surface area contributed by atoms with Crippen molar-refractivity contribution in [1.82, 2.24) is 20.1 Å². The van der Waals surface area contributed by atoms with E-state index in [1.54, 1.807) is 4.68 Å². The zero-order valence-corrected chi connectivity index (χ0v) is 10.9. The number of nitrogens with zero attached hydrogens (tertiary/aromatic N) is 3. The van der Waals surface area contributed by atoms with Crippen molar-refractivity contribution in [3.63, 3.8) is 0 Å². The van der Waals surface area contributed by atoms with E-state index in [-0.39, 0.29) is 6.04 Å². The predicted molar refractivity (Wildman–Crippen MR) is 67.3 cm³/mol. The molecule has 19 heavy (non-hydrogen) atoms. The highest BCUT2D eigenvalue weighted by atomic mass is 19.1. The van der Waals surface area contributed by atoms with E-state index in [0.29, 0.717) is 18.7 Å². The fourth-order valence-corrected chi connectivity index (χ4v) is 1.81. The molecule has 0 aliphatic heterocycles. The standard InChI is InChI=1S/C13H16F2N4/c1-9(2)19-13(17-8-18-19)7-16-6-10-3-4-11(14)5-12(10)15/h3-5,8-9,16H,6-7H2,1-2H3. The topological polar surface area (TPSA) is 42.7 Å². The van der Waals surface area contributed by atoms with Gasteiger partial charge in [0.1, 0.15) is 23.8 Å². The summed E-state index contributed by atoms with van der Waals surface area (Å²) < 4.78 is 28.0. The van der Waals surface area contributed by atoms with Crippen LogP contribution in [0.25, 0.3) is 0 Å². The number of hydrogen-bond acceptors (Lipinski definition) is 3. The van der Waals surface area contributed by atoms with Gasteiger partial charge in [-0.05, 0) is 19.9 Å². The van der Waals surface area contributed by atoms with E-state index in [0.717, 1.165) is 11.9 Å². The minimum Gasteiger partial charge on any atom is -0.306 e. The highest BCUT2D eigenvalue weighted by Gasteiger charge is 2.08. The molecule has 0 unspecified atom stereocenters.